The van der Waals surface area contributed by atoms with E-state index in [4.69, 9.17) is 16.7 Å². The van der Waals surface area contributed by atoms with Gasteiger partial charge in [0.05, 0.1) is 10.7 Å². The first kappa shape index (κ1) is 18.1. The molecule has 1 atom stereocenters. The summed E-state index contributed by atoms with van der Waals surface area (Å²) in [7, 11) is 0. The summed E-state index contributed by atoms with van der Waals surface area (Å²) in [5.41, 5.74) is 0.171. The van der Waals surface area contributed by atoms with E-state index in [-0.39, 0.29) is 15.2 Å². The maximum atomic E-state index is 13.1. The lowest BCUT2D eigenvalue weighted by Crippen LogP contribution is -2.43. The third-order valence-electron chi connectivity index (χ3n) is 2.46. The van der Waals surface area contributed by atoms with Crippen molar-refractivity contribution < 1.29 is 19.1 Å². The SMILES string of the molecule is CSCC[C@H](NC(=O)Nc1c(Cl)cc(F)cc1Br)C(=O)O. The molecule has 0 spiro atoms. The van der Waals surface area contributed by atoms with Crippen molar-refractivity contribution in [3.63, 3.8) is 0 Å². The van der Waals surface area contributed by atoms with E-state index in [1.54, 1.807) is 0 Å². The fourth-order valence-corrected chi connectivity index (χ4v) is 2.83. The number of urea groups is 1. The molecule has 0 fully saturated rings. The Kier molecular flexibility index (Phi) is 7.27. The summed E-state index contributed by atoms with van der Waals surface area (Å²) in [6, 6.07) is 0.460. The Morgan fingerprint density at radius 3 is 2.71 bits per heavy atom. The van der Waals surface area contributed by atoms with Crippen LogP contribution in [0.2, 0.25) is 5.02 Å². The smallest absolute Gasteiger partial charge is 0.326 e. The monoisotopic (exact) mass is 398 g/mol. The van der Waals surface area contributed by atoms with Crippen LogP contribution in [-0.4, -0.2) is 35.2 Å². The molecule has 116 valence electrons. The summed E-state index contributed by atoms with van der Waals surface area (Å²) in [4.78, 5) is 22.8. The van der Waals surface area contributed by atoms with Gasteiger partial charge in [-0.2, -0.15) is 11.8 Å². The summed E-state index contributed by atoms with van der Waals surface area (Å²) in [6.45, 7) is 0. The Bertz CT molecular complexity index is 524. The molecular weight excluding hydrogens is 387 g/mol. The predicted octanol–water partition coefficient (Wildman–Crippen LogP) is 3.57. The number of nitrogens with one attached hydrogen (secondary N) is 2. The van der Waals surface area contributed by atoms with E-state index in [1.165, 1.54) is 11.8 Å². The quantitative estimate of drug-likeness (QED) is 0.683. The number of carboxylic acid groups (broad SMARTS) is 1. The van der Waals surface area contributed by atoms with Crippen molar-refractivity contribution in [1.82, 2.24) is 5.32 Å². The first-order chi connectivity index (χ1) is 9.85. The van der Waals surface area contributed by atoms with Crippen LogP contribution in [0.5, 0.6) is 0 Å². The van der Waals surface area contributed by atoms with E-state index in [1.807, 2.05) is 6.26 Å². The van der Waals surface area contributed by atoms with Crippen LogP contribution in [0.4, 0.5) is 14.9 Å². The molecule has 0 bridgehead atoms. The van der Waals surface area contributed by atoms with Crippen LogP contribution in [0.1, 0.15) is 6.42 Å². The highest BCUT2D eigenvalue weighted by Gasteiger charge is 2.20. The first-order valence-electron chi connectivity index (χ1n) is 5.79. The molecule has 21 heavy (non-hydrogen) atoms. The minimum atomic E-state index is -1.12. The van der Waals surface area contributed by atoms with Gasteiger partial charge in [-0.15, -0.1) is 0 Å². The van der Waals surface area contributed by atoms with Crippen molar-refractivity contribution in [2.75, 3.05) is 17.3 Å². The molecule has 0 saturated carbocycles. The fourth-order valence-electron chi connectivity index (χ4n) is 1.46. The zero-order valence-corrected chi connectivity index (χ0v) is 14.1. The van der Waals surface area contributed by atoms with Crippen LogP contribution < -0.4 is 10.6 Å². The van der Waals surface area contributed by atoms with Gasteiger partial charge in [0.15, 0.2) is 0 Å². The Hall–Kier alpha value is -0.990. The molecule has 1 rings (SSSR count). The molecule has 0 aromatic heterocycles. The summed E-state index contributed by atoms with van der Waals surface area (Å²) in [5, 5.41) is 13.8. The van der Waals surface area contributed by atoms with E-state index < -0.39 is 23.9 Å². The Balaban J connectivity index is 2.74. The summed E-state index contributed by atoms with van der Waals surface area (Å²) < 4.78 is 13.3. The van der Waals surface area contributed by atoms with E-state index in [0.717, 1.165) is 12.1 Å². The second kappa shape index (κ2) is 8.45. The number of amides is 2. The summed E-state index contributed by atoms with van der Waals surface area (Å²) in [6.07, 6.45) is 2.14. The average Bonchev–Trinajstić information content (AvgIpc) is 2.38. The molecule has 2 amide bonds. The van der Waals surface area contributed by atoms with Crippen molar-refractivity contribution >= 4 is 57.0 Å². The minimum Gasteiger partial charge on any atom is -0.480 e. The molecule has 0 aliphatic rings. The summed E-state index contributed by atoms with van der Waals surface area (Å²) in [5.74, 6) is -1.08. The Morgan fingerprint density at radius 1 is 1.52 bits per heavy atom. The van der Waals surface area contributed by atoms with Gasteiger partial charge in [0.25, 0.3) is 0 Å². The third-order valence-corrected chi connectivity index (χ3v) is 4.03. The van der Waals surface area contributed by atoms with E-state index in [2.05, 4.69) is 26.6 Å². The number of hydrogen-bond acceptors (Lipinski definition) is 3. The van der Waals surface area contributed by atoms with Crippen molar-refractivity contribution in [2.45, 2.75) is 12.5 Å². The lowest BCUT2D eigenvalue weighted by atomic mass is 10.2. The molecular formula is C12H13BrClFN2O3S. The molecule has 0 aliphatic carbocycles. The second-order valence-corrected chi connectivity index (χ2v) is 6.26. The first-order valence-corrected chi connectivity index (χ1v) is 8.35. The van der Waals surface area contributed by atoms with E-state index in [0.29, 0.717) is 12.2 Å². The van der Waals surface area contributed by atoms with Gasteiger partial charge in [-0.25, -0.2) is 14.0 Å². The van der Waals surface area contributed by atoms with E-state index >= 15 is 0 Å². The number of carbonyl (C=O) groups is 2. The number of thioether (sulfide) groups is 1. The fraction of sp³-hybridized carbons (Fsp3) is 0.333. The van der Waals surface area contributed by atoms with Crippen molar-refractivity contribution in [2.24, 2.45) is 0 Å². The molecule has 3 N–H and O–H groups in total. The number of carbonyl (C=O) groups excluding carboxylic acids is 1. The highest BCUT2D eigenvalue weighted by molar-refractivity contribution is 9.10. The number of aliphatic carboxylic acids is 1. The van der Waals surface area contributed by atoms with Crippen LogP contribution in [0.3, 0.4) is 0 Å². The lowest BCUT2D eigenvalue weighted by Gasteiger charge is -2.16. The molecule has 5 nitrogen and oxygen atoms in total. The third kappa shape index (κ3) is 5.72. The summed E-state index contributed by atoms with van der Waals surface area (Å²) >= 11 is 10.4. The van der Waals surface area contributed by atoms with Gasteiger partial charge in [0, 0.05) is 4.47 Å². The molecule has 0 saturated heterocycles. The number of rotatable bonds is 6. The highest BCUT2D eigenvalue weighted by atomic mass is 79.9. The topological polar surface area (TPSA) is 78.4 Å². The maximum Gasteiger partial charge on any atom is 0.326 e. The molecule has 0 heterocycles. The minimum absolute atomic E-state index is 0.00742. The Labute approximate surface area is 138 Å². The van der Waals surface area contributed by atoms with E-state index in [9.17, 15) is 14.0 Å². The Morgan fingerprint density at radius 2 is 2.19 bits per heavy atom. The van der Waals surface area contributed by atoms with Crippen LogP contribution in [0, 0.1) is 5.82 Å². The number of benzene rings is 1. The number of hydrogen-bond donors (Lipinski definition) is 3. The van der Waals surface area contributed by atoms with Gasteiger partial charge in [0.1, 0.15) is 11.9 Å². The van der Waals surface area contributed by atoms with Gasteiger partial charge in [0.2, 0.25) is 0 Å². The lowest BCUT2D eigenvalue weighted by molar-refractivity contribution is -0.139. The molecule has 1 aromatic carbocycles. The number of carboxylic acids is 1. The molecule has 9 heteroatoms. The van der Waals surface area contributed by atoms with Gasteiger partial charge >= 0.3 is 12.0 Å². The van der Waals surface area contributed by atoms with Crippen LogP contribution in [0.25, 0.3) is 0 Å². The maximum absolute atomic E-state index is 13.1. The average molecular weight is 400 g/mol. The zero-order valence-electron chi connectivity index (χ0n) is 11.0. The van der Waals surface area contributed by atoms with Crippen LogP contribution in [-0.2, 0) is 4.79 Å². The van der Waals surface area contributed by atoms with Gasteiger partial charge < -0.3 is 15.7 Å². The largest absolute Gasteiger partial charge is 0.480 e. The number of halogens is 3. The molecule has 0 aliphatic heterocycles. The van der Waals surface area contributed by atoms with Crippen LogP contribution >= 0.6 is 39.3 Å². The van der Waals surface area contributed by atoms with Gasteiger partial charge in [-0.1, -0.05) is 11.6 Å². The van der Waals surface area contributed by atoms with Crippen molar-refractivity contribution in [3.05, 3.63) is 27.4 Å². The molecule has 1 aromatic rings. The molecule has 0 radical (unpaired) electrons. The second-order valence-electron chi connectivity index (χ2n) is 4.02. The van der Waals surface area contributed by atoms with Gasteiger partial charge in [-0.3, -0.25) is 0 Å². The zero-order chi connectivity index (χ0) is 16.0. The van der Waals surface area contributed by atoms with Crippen molar-refractivity contribution in [3.8, 4) is 0 Å². The predicted molar refractivity (Wildman–Crippen MR) is 85.7 cm³/mol. The normalized spacial score (nSPS) is 11.8. The molecule has 0 unspecified atom stereocenters. The number of anilines is 1. The standard InChI is InChI=1S/C12H13BrClFN2O3S/c1-21-3-2-9(11(18)19)16-12(20)17-10-7(13)4-6(15)5-8(10)14/h4-5,9H,2-3H2,1H3,(H,18,19)(H2,16,17,20)/t9-/m0/s1. The van der Waals surface area contributed by atoms with Crippen molar-refractivity contribution in [1.29, 1.82) is 0 Å². The van der Waals surface area contributed by atoms with Crippen LogP contribution in [0.15, 0.2) is 16.6 Å². The highest BCUT2D eigenvalue weighted by Crippen LogP contribution is 2.31. The van der Waals surface area contributed by atoms with Gasteiger partial charge in [-0.05, 0) is 46.5 Å².